The molecule has 1 aromatic rings. The molecule has 0 aliphatic carbocycles. The van der Waals surface area contributed by atoms with E-state index in [1.807, 2.05) is 6.92 Å². The minimum absolute atomic E-state index is 0.210. The predicted molar refractivity (Wildman–Crippen MR) is 66.7 cm³/mol. The van der Waals surface area contributed by atoms with Crippen LogP contribution >= 0.6 is 0 Å². The van der Waals surface area contributed by atoms with Gasteiger partial charge < -0.3 is 16.4 Å². The van der Waals surface area contributed by atoms with Gasteiger partial charge in [-0.15, -0.1) is 0 Å². The van der Waals surface area contributed by atoms with E-state index in [4.69, 9.17) is 5.73 Å². The summed E-state index contributed by atoms with van der Waals surface area (Å²) in [5.41, 5.74) is 4.37. The van der Waals surface area contributed by atoms with Crippen molar-refractivity contribution in [2.45, 2.75) is 13.3 Å². The van der Waals surface area contributed by atoms with E-state index in [0.717, 1.165) is 12.1 Å². The van der Waals surface area contributed by atoms with E-state index in [2.05, 4.69) is 10.6 Å². The lowest BCUT2D eigenvalue weighted by molar-refractivity contribution is -0.117. The number of anilines is 1. The van der Waals surface area contributed by atoms with Crippen molar-refractivity contribution in [3.05, 3.63) is 29.3 Å². The van der Waals surface area contributed by atoms with E-state index in [0.29, 0.717) is 13.0 Å². The van der Waals surface area contributed by atoms with Gasteiger partial charge in [-0.05, 0) is 18.6 Å². The second kappa shape index (κ2) is 6.67. The Labute approximate surface area is 109 Å². The zero-order valence-electron chi connectivity index (χ0n) is 10.4. The summed E-state index contributed by atoms with van der Waals surface area (Å²) in [5, 5.41) is 4.74. The average Bonchev–Trinajstić information content (AvgIpc) is 2.34. The van der Waals surface area contributed by atoms with Gasteiger partial charge in [-0.3, -0.25) is 9.59 Å². The molecule has 0 atom stereocenters. The Balaban J connectivity index is 2.87. The smallest absolute Gasteiger partial charge is 0.251 e. The van der Waals surface area contributed by atoms with E-state index >= 15 is 0 Å². The second-order valence-corrected chi connectivity index (χ2v) is 3.89. The minimum atomic E-state index is -0.863. The van der Waals surface area contributed by atoms with Crippen molar-refractivity contribution in [3.8, 4) is 0 Å². The van der Waals surface area contributed by atoms with E-state index < -0.39 is 30.0 Å². The number of halogens is 2. The van der Waals surface area contributed by atoms with Gasteiger partial charge in [0.05, 0.1) is 6.54 Å². The number of primary amides is 1. The normalized spacial score (nSPS) is 10.1. The lowest BCUT2D eigenvalue weighted by atomic mass is 10.1. The first kappa shape index (κ1) is 14.9. The molecule has 19 heavy (non-hydrogen) atoms. The summed E-state index contributed by atoms with van der Waals surface area (Å²) in [6, 6.07) is 1.80. The van der Waals surface area contributed by atoms with Crippen LogP contribution in [0.15, 0.2) is 12.1 Å². The van der Waals surface area contributed by atoms with Crippen molar-refractivity contribution in [3.63, 3.8) is 0 Å². The lowest BCUT2D eigenvalue weighted by Gasteiger charge is -2.09. The lowest BCUT2D eigenvalue weighted by Crippen LogP contribution is -2.33. The molecule has 1 rings (SSSR count). The number of benzene rings is 1. The third-order valence-corrected chi connectivity index (χ3v) is 2.28. The van der Waals surface area contributed by atoms with Crippen molar-refractivity contribution in [1.82, 2.24) is 5.32 Å². The zero-order chi connectivity index (χ0) is 14.4. The highest BCUT2D eigenvalue weighted by atomic mass is 19.1. The number of nitrogens with two attached hydrogens (primary N) is 1. The van der Waals surface area contributed by atoms with Crippen LogP contribution in [0.25, 0.3) is 0 Å². The number of amides is 2. The highest BCUT2D eigenvalue weighted by molar-refractivity contribution is 5.96. The topological polar surface area (TPSA) is 84.2 Å². The number of carbonyl (C=O) groups is 2. The Kier molecular flexibility index (Phi) is 5.23. The number of rotatable bonds is 6. The average molecular weight is 271 g/mol. The van der Waals surface area contributed by atoms with Crippen LogP contribution in [0, 0.1) is 11.6 Å². The molecule has 0 bridgehead atoms. The first-order chi connectivity index (χ1) is 8.95. The van der Waals surface area contributed by atoms with Crippen LogP contribution in [0.5, 0.6) is 0 Å². The summed E-state index contributed by atoms with van der Waals surface area (Å²) in [6.07, 6.45) is 0.708. The van der Waals surface area contributed by atoms with Crippen molar-refractivity contribution >= 4 is 17.5 Å². The zero-order valence-corrected chi connectivity index (χ0v) is 10.4. The van der Waals surface area contributed by atoms with Crippen molar-refractivity contribution < 1.29 is 18.4 Å². The SMILES string of the molecule is CCCNc1c(F)cc(C(=O)NCC(N)=O)cc1F. The van der Waals surface area contributed by atoms with Gasteiger partial charge in [-0.25, -0.2) is 8.78 Å². The third-order valence-electron chi connectivity index (χ3n) is 2.28. The van der Waals surface area contributed by atoms with Gasteiger partial charge in [0.2, 0.25) is 5.91 Å². The van der Waals surface area contributed by atoms with Gasteiger partial charge >= 0.3 is 0 Å². The number of hydrogen-bond acceptors (Lipinski definition) is 3. The molecule has 7 heteroatoms. The minimum Gasteiger partial charge on any atom is -0.380 e. The molecule has 0 aliphatic rings. The molecule has 0 aromatic heterocycles. The highest BCUT2D eigenvalue weighted by Crippen LogP contribution is 2.20. The van der Waals surface area contributed by atoms with Gasteiger partial charge in [-0.2, -0.15) is 0 Å². The standard InChI is InChI=1S/C12H15F2N3O2/c1-2-3-16-11-8(13)4-7(5-9(11)14)12(19)17-6-10(15)18/h4-5,16H,2-3,6H2,1H3,(H2,15,18)(H,17,19). The molecule has 0 unspecified atom stereocenters. The van der Waals surface area contributed by atoms with E-state index in [1.54, 1.807) is 0 Å². The van der Waals surface area contributed by atoms with Crippen LogP contribution in [0.1, 0.15) is 23.7 Å². The van der Waals surface area contributed by atoms with Crippen LogP contribution < -0.4 is 16.4 Å². The fourth-order valence-electron chi connectivity index (χ4n) is 1.39. The molecule has 0 aliphatic heterocycles. The van der Waals surface area contributed by atoms with Crippen molar-refractivity contribution in [2.75, 3.05) is 18.4 Å². The summed E-state index contributed by atoms with van der Waals surface area (Å²) in [5.74, 6) is -3.23. The van der Waals surface area contributed by atoms with Crippen LogP contribution in [0.2, 0.25) is 0 Å². The first-order valence-corrected chi connectivity index (χ1v) is 5.75. The van der Waals surface area contributed by atoms with Crippen molar-refractivity contribution in [1.29, 1.82) is 0 Å². The summed E-state index contributed by atoms with van der Waals surface area (Å²) in [7, 11) is 0. The van der Waals surface area contributed by atoms with Crippen LogP contribution in [-0.4, -0.2) is 24.9 Å². The first-order valence-electron chi connectivity index (χ1n) is 5.75. The van der Waals surface area contributed by atoms with Gasteiger partial charge in [-0.1, -0.05) is 6.92 Å². The van der Waals surface area contributed by atoms with Crippen molar-refractivity contribution in [2.24, 2.45) is 5.73 Å². The molecule has 0 radical (unpaired) electrons. The Hall–Kier alpha value is -2.18. The van der Waals surface area contributed by atoms with Gasteiger partial charge in [0.15, 0.2) is 0 Å². The monoisotopic (exact) mass is 271 g/mol. The molecule has 4 N–H and O–H groups in total. The molecule has 1 aromatic carbocycles. The molecule has 0 saturated heterocycles. The Bertz CT molecular complexity index is 469. The van der Waals surface area contributed by atoms with Crippen LogP contribution in [-0.2, 0) is 4.79 Å². The Morgan fingerprint density at radius 3 is 2.32 bits per heavy atom. The molecule has 2 amide bonds. The third kappa shape index (κ3) is 4.20. The number of carbonyl (C=O) groups excluding carboxylic acids is 2. The highest BCUT2D eigenvalue weighted by Gasteiger charge is 2.15. The summed E-state index contributed by atoms with van der Waals surface area (Å²) in [4.78, 5) is 22.0. The maximum absolute atomic E-state index is 13.6. The Morgan fingerprint density at radius 2 is 1.84 bits per heavy atom. The fraction of sp³-hybridized carbons (Fsp3) is 0.333. The molecule has 104 valence electrons. The molecule has 0 heterocycles. The summed E-state index contributed by atoms with van der Waals surface area (Å²) >= 11 is 0. The summed E-state index contributed by atoms with van der Waals surface area (Å²) < 4.78 is 27.2. The fourth-order valence-corrected chi connectivity index (χ4v) is 1.39. The van der Waals surface area contributed by atoms with Crippen LogP contribution in [0.4, 0.5) is 14.5 Å². The second-order valence-electron chi connectivity index (χ2n) is 3.89. The molecular formula is C12H15F2N3O2. The quantitative estimate of drug-likeness (QED) is 0.721. The molecule has 0 saturated carbocycles. The Morgan fingerprint density at radius 1 is 1.26 bits per heavy atom. The molecular weight excluding hydrogens is 256 g/mol. The van der Waals surface area contributed by atoms with E-state index in [-0.39, 0.29) is 11.3 Å². The largest absolute Gasteiger partial charge is 0.380 e. The number of nitrogens with one attached hydrogen (secondary N) is 2. The van der Waals surface area contributed by atoms with Gasteiger partial charge in [0.1, 0.15) is 17.3 Å². The van der Waals surface area contributed by atoms with E-state index in [9.17, 15) is 18.4 Å². The van der Waals surface area contributed by atoms with Crippen LogP contribution in [0.3, 0.4) is 0 Å². The maximum Gasteiger partial charge on any atom is 0.251 e. The van der Waals surface area contributed by atoms with E-state index in [1.165, 1.54) is 0 Å². The summed E-state index contributed by atoms with van der Waals surface area (Å²) in [6.45, 7) is 1.88. The molecule has 0 spiro atoms. The molecule has 0 fully saturated rings. The number of hydrogen-bond donors (Lipinski definition) is 3. The van der Waals surface area contributed by atoms with Gasteiger partial charge in [0.25, 0.3) is 5.91 Å². The maximum atomic E-state index is 13.6. The molecule has 5 nitrogen and oxygen atoms in total. The van der Waals surface area contributed by atoms with Gasteiger partial charge in [0, 0.05) is 12.1 Å². The predicted octanol–water partition coefficient (Wildman–Crippen LogP) is 1.00.